The van der Waals surface area contributed by atoms with Crippen molar-refractivity contribution in [2.24, 2.45) is 0 Å². The van der Waals surface area contributed by atoms with Crippen LogP contribution in [0.5, 0.6) is 0 Å². The van der Waals surface area contributed by atoms with E-state index in [0.29, 0.717) is 5.69 Å². The van der Waals surface area contributed by atoms with Crippen LogP contribution in [0.2, 0.25) is 0 Å². The van der Waals surface area contributed by atoms with Crippen molar-refractivity contribution in [3.63, 3.8) is 0 Å². The maximum atomic E-state index is 12.1. The van der Waals surface area contributed by atoms with E-state index in [9.17, 15) is 9.90 Å². The molecule has 0 aromatic carbocycles. The molecule has 0 radical (unpaired) electrons. The largest absolute Gasteiger partial charge is 0.395 e. The molecule has 0 saturated carbocycles. The quantitative estimate of drug-likeness (QED) is 0.821. The van der Waals surface area contributed by atoms with E-state index in [0.717, 1.165) is 32.6 Å². The Bertz CT molecular complexity index is 366. The Kier molecular flexibility index (Phi) is 4.38. The van der Waals surface area contributed by atoms with Crippen LogP contribution in [-0.2, 0) is 0 Å². The van der Waals surface area contributed by atoms with Gasteiger partial charge in [-0.25, -0.2) is 0 Å². The Hall–Kier alpha value is -1.33. The Labute approximate surface area is 107 Å². The van der Waals surface area contributed by atoms with Gasteiger partial charge in [0.15, 0.2) is 0 Å². The smallest absolute Gasteiger partial charge is 0.270 e. The fourth-order valence-electron chi connectivity index (χ4n) is 2.43. The molecule has 0 spiro atoms. The summed E-state index contributed by atoms with van der Waals surface area (Å²) in [4.78, 5) is 19.2. The molecule has 1 atom stereocenters. The minimum atomic E-state index is 0.0664. The summed E-state index contributed by atoms with van der Waals surface area (Å²) in [5, 5.41) is 9.28. The van der Waals surface area contributed by atoms with Crippen LogP contribution in [0, 0.1) is 0 Å². The molecule has 2 N–H and O–H groups in total. The first kappa shape index (κ1) is 13.1. The first-order valence-electron chi connectivity index (χ1n) is 6.53. The van der Waals surface area contributed by atoms with Crippen LogP contribution in [0.4, 0.5) is 0 Å². The molecule has 1 aliphatic heterocycles. The number of aliphatic hydroxyl groups is 1. The van der Waals surface area contributed by atoms with E-state index >= 15 is 0 Å². The molecule has 1 unspecified atom stereocenters. The number of amides is 1. The molecule has 1 saturated heterocycles. The SMILES string of the molecule is CCC(CO)N1CCN(C(=O)c2ccc[nH]2)CC1. The lowest BCUT2D eigenvalue weighted by Crippen LogP contribution is -2.52. The second kappa shape index (κ2) is 6.02. The van der Waals surface area contributed by atoms with E-state index in [2.05, 4.69) is 16.8 Å². The Morgan fingerprint density at radius 3 is 2.67 bits per heavy atom. The molecule has 1 aromatic heterocycles. The maximum Gasteiger partial charge on any atom is 0.270 e. The van der Waals surface area contributed by atoms with Crippen molar-refractivity contribution in [1.29, 1.82) is 0 Å². The zero-order valence-corrected chi connectivity index (χ0v) is 10.8. The number of aromatic nitrogens is 1. The van der Waals surface area contributed by atoms with Gasteiger partial charge < -0.3 is 15.0 Å². The van der Waals surface area contributed by atoms with Gasteiger partial charge in [-0.05, 0) is 18.6 Å². The van der Waals surface area contributed by atoms with Crippen molar-refractivity contribution >= 4 is 5.91 Å². The van der Waals surface area contributed by atoms with Gasteiger partial charge in [-0.2, -0.15) is 0 Å². The van der Waals surface area contributed by atoms with Crippen molar-refractivity contribution in [2.45, 2.75) is 19.4 Å². The number of nitrogens with one attached hydrogen (secondary N) is 1. The topological polar surface area (TPSA) is 59.6 Å². The fourth-order valence-corrected chi connectivity index (χ4v) is 2.43. The molecule has 0 bridgehead atoms. The monoisotopic (exact) mass is 251 g/mol. The number of carbonyl (C=O) groups excluding carboxylic acids is 1. The van der Waals surface area contributed by atoms with Gasteiger partial charge >= 0.3 is 0 Å². The highest BCUT2D eigenvalue weighted by atomic mass is 16.3. The van der Waals surface area contributed by atoms with Crippen LogP contribution < -0.4 is 0 Å². The molecular weight excluding hydrogens is 230 g/mol. The van der Waals surface area contributed by atoms with Crippen molar-refractivity contribution in [2.75, 3.05) is 32.8 Å². The standard InChI is InChI=1S/C13H21N3O2/c1-2-11(10-17)15-6-8-16(9-7-15)13(18)12-4-3-5-14-12/h3-5,11,14,17H,2,6-10H2,1H3. The summed E-state index contributed by atoms with van der Waals surface area (Å²) in [6.07, 6.45) is 2.71. The number of carbonyl (C=O) groups is 1. The molecule has 100 valence electrons. The average molecular weight is 251 g/mol. The van der Waals surface area contributed by atoms with E-state index < -0.39 is 0 Å². The van der Waals surface area contributed by atoms with E-state index in [1.54, 1.807) is 12.3 Å². The Morgan fingerprint density at radius 1 is 1.44 bits per heavy atom. The highest BCUT2D eigenvalue weighted by Crippen LogP contribution is 2.11. The van der Waals surface area contributed by atoms with Crippen LogP contribution in [0.15, 0.2) is 18.3 Å². The molecule has 2 heterocycles. The van der Waals surface area contributed by atoms with Gasteiger partial charge in [-0.3, -0.25) is 9.69 Å². The van der Waals surface area contributed by atoms with E-state index in [-0.39, 0.29) is 18.6 Å². The van der Waals surface area contributed by atoms with E-state index in [1.807, 2.05) is 11.0 Å². The summed E-state index contributed by atoms with van der Waals surface area (Å²) in [6, 6.07) is 3.87. The van der Waals surface area contributed by atoms with E-state index in [1.165, 1.54) is 0 Å². The first-order valence-corrected chi connectivity index (χ1v) is 6.53. The average Bonchev–Trinajstić information content (AvgIpc) is 2.94. The first-order chi connectivity index (χ1) is 8.76. The molecule has 1 aromatic rings. The summed E-state index contributed by atoms with van der Waals surface area (Å²) in [7, 11) is 0. The summed E-state index contributed by atoms with van der Waals surface area (Å²) in [5.41, 5.74) is 0.651. The van der Waals surface area contributed by atoms with Crippen molar-refractivity contribution in [1.82, 2.24) is 14.8 Å². The van der Waals surface area contributed by atoms with E-state index in [4.69, 9.17) is 0 Å². The second-order valence-electron chi connectivity index (χ2n) is 4.66. The van der Waals surface area contributed by atoms with Gasteiger partial charge in [0.25, 0.3) is 5.91 Å². The zero-order valence-electron chi connectivity index (χ0n) is 10.8. The number of aromatic amines is 1. The number of piperazine rings is 1. The number of hydrogen-bond donors (Lipinski definition) is 2. The number of aliphatic hydroxyl groups excluding tert-OH is 1. The lowest BCUT2D eigenvalue weighted by atomic mass is 10.1. The van der Waals surface area contributed by atoms with Crippen molar-refractivity contribution in [3.05, 3.63) is 24.0 Å². The van der Waals surface area contributed by atoms with Crippen LogP contribution in [0.1, 0.15) is 23.8 Å². The predicted octanol–water partition coefficient (Wildman–Crippen LogP) is 0.543. The van der Waals surface area contributed by atoms with Gasteiger partial charge in [0.2, 0.25) is 0 Å². The molecule has 18 heavy (non-hydrogen) atoms. The summed E-state index contributed by atoms with van der Waals surface area (Å²) < 4.78 is 0. The number of nitrogens with zero attached hydrogens (tertiary/aromatic N) is 2. The molecule has 1 aliphatic rings. The zero-order chi connectivity index (χ0) is 13.0. The fraction of sp³-hybridized carbons (Fsp3) is 0.615. The van der Waals surface area contributed by atoms with Crippen LogP contribution in [-0.4, -0.2) is 64.6 Å². The van der Waals surface area contributed by atoms with Gasteiger partial charge in [0.1, 0.15) is 5.69 Å². The molecule has 0 aliphatic carbocycles. The van der Waals surface area contributed by atoms with Crippen molar-refractivity contribution < 1.29 is 9.90 Å². The minimum Gasteiger partial charge on any atom is -0.395 e. The van der Waals surface area contributed by atoms with Crippen LogP contribution in [0.25, 0.3) is 0 Å². The molecule has 2 rings (SSSR count). The molecule has 1 amide bonds. The number of hydrogen-bond acceptors (Lipinski definition) is 3. The molecule has 5 nitrogen and oxygen atoms in total. The highest BCUT2D eigenvalue weighted by molar-refractivity contribution is 5.92. The van der Waals surface area contributed by atoms with Crippen molar-refractivity contribution in [3.8, 4) is 0 Å². The molecule has 1 fully saturated rings. The van der Waals surface area contributed by atoms with Crippen LogP contribution in [0.3, 0.4) is 0 Å². The predicted molar refractivity (Wildman–Crippen MR) is 69.4 cm³/mol. The third-order valence-corrected chi connectivity index (χ3v) is 3.63. The van der Waals surface area contributed by atoms with Crippen LogP contribution >= 0.6 is 0 Å². The number of rotatable bonds is 4. The Morgan fingerprint density at radius 2 is 2.17 bits per heavy atom. The molecule has 5 heteroatoms. The minimum absolute atomic E-state index is 0.0664. The normalized spacial score (nSPS) is 18.9. The second-order valence-corrected chi connectivity index (χ2v) is 4.66. The lowest BCUT2D eigenvalue weighted by Gasteiger charge is -2.38. The summed E-state index contributed by atoms with van der Waals surface area (Å²) >= 11 is 0. The van der Waals surface area contributed by atoms with Gasteiger partial charge in [-0.15, -0.1) is 0 Å². The van der Waals surface area contributed by atoms with Gasteiger partial charge in [-0.1, -0.05) is 6.92 Å². The number of H-pyrrole nitrogens is 1. The molecular formula is C13H21N3O2. The lowest BCUT2D eigenvalue weighted by molar-refractivity contribution is 0.0468. The highest BCUT2D eigenvalue weighted by Gasteiger charge is 2.25. The maximum absolute atomic E-state index is 12.1. The van der Waals surface area contributed by atoms with Gasteiger partial charge in [0, 0.05) is 38.4 Å². The Balaban J connectivity index is 1.89. The third kappa shape index (κ3) is 2.73. The summed E-state index contributed by atoms with van der Waals surface area (Å²) in [6.45, 7) is 5.41. The third-order valence-electron chi connectivity index (χ3n) is 3.63. The summed E-state index contributed by atoms with van der Waals surface area (Å²) in [5.74, 6) is 0.0664. The van der Waals surface area contributed by atoms with Gasteiger partial charge in [0.05, 0.1) is 6.61 Å².